The molecule has 0 bridgehead atoms. The van der Waals surface area contributed by atoms with Gasteiger partial charge in [-0.15, -0.1) is 0 Å². The summed E-state index contributed by atoms with van der Waals surface area (Å²) in [6.45, 7) is 2.17. The molecule has 1 aliphatic heterocycles. The summed E-state index contributed by atoms with van der Waals surface area (Å²) in [5.74, 6) is -1.99. The maximum absolute atomic E-state index is 12.8. The zero-order valence-electron chi connectivity index (χ0n) is 14.3. The largest absolute Gasteiger partial charge is 0.416 e. The molecule has 0 saturated carbocycles. The Morgan fingerprint density at radius 3 is 2.63 bits per heavy atom. The summed E-state index contributed by atoms with van der Waals surface area (Å²) in [7, 11) is 0. The SMILES string of the molecule is Cc1ccc(N2CC[C@H](C(=O)Nc3cccc(C(F)(F)F)c3)C2=O)cc1Cl. The van der Waals surface area contributed by atoms with Gasteiger partial charge in [-0.1, -0.05) is 23.7 Å². The third kappa shape index (κ3) is 4.08. The van der Waals surface area contributed by atoms with Crippen molar-refractivity contribution < 1.29 is 22.8 Å². The van der Waals surface area contributed by atoms with Gasteiger partial charge < -0.3 is 10.2 Å². The minimum Gasteiger partial charge on any atom is -0.325 e. The third-order valence-corrected chi connectivity index (χ3v) is 4.85. The van der Waals surface area contributed by atoms with Crippen LogP contribution in [0.2, 0.25) is 5.02 Å². The van der Waals surface area contributed by atoms with E-state index in [0.29, 0.717) is 17.3 Å². The number of nitrogens with one attached hydrogen (secondary N) is 1. The lowest BCUT2D eigenvalue weighted by molar-refractivity contribution is -0.137. The Labute approximate surface area is 158 Å². The second kappa shape index (κ2) is 7.23. The summed E-state index contributed by atoms with van der Waals surface area (Å²) in [6, 6.07) is 9.49. The van der Waals surface area contributed by atoms with Crippen molar-refractivity contribution in [3.8, 4) is 0 Å². The second-order valence-electron chi connectivity index (χ2n) is 6.33. The normalized spacial score (nSPS) is 17.3. The molecule has 3 rings (SSSR count). The molecular weight excluding hydrogens is 381 g/mol. The fraction of sp³-hybridized carbons (Fsp3) is 0.263. The van der Waals surface area contributed by atoms with Crippen LogP contribution in [0.3, 0.4) is 0 Å². The standard InChI is InChI=1S/C19H16ClF3N2O2/c1-11-5-6-14(10-16(11)20)25-8-7-15(18(25)27)17(26)24-13-4-2-3-12(9-13)19(21,22)23/h2-6,9-10,15H,7-8H2,1H3,(H,24,26)/t15-/m1/s1. The number of alkyl halides is 3. The number of nitrogens with zero attached hydrogens (tertiary/aromatic N) is 1. The number of benzene rings is 2. The minimum atomic E-state index is -4.51. The molecule has 2 amide bonds. The number of hydrogen-bond acceptors (Lipinski definition) is 2. The Morgan fingerprint density at radius 1 is 1.22 bits per heavy atom. The average Bonchev–Trinajstić information content (AvgIpc) is 2.98. The van der Waals surface area contributed by atoms with Gasteiger partial charge in [-0.25, -0.2) is 0 Å². The molecule has 8 heteroatoms. The van der Waals surface area contributed by atoms with Gasteiger partial charge in [-0.05, 0) is 49.2 Å². The van der Waals surface area contributed by atoms with Crippen LogP contribution in [0.1, 0.15) is 17.5 Å². The first-order chi connectivity index (χ1) is 12.7. The van der Waals surface area contributed by atoms with Crippen LogP contribution in [0.25, 0.3) is 0 Å². The fourth-order valence-electron chi connectivity index (χ4n) is 2.93. The van der Waals surface area contributed by atoms with Crippen molar-refractivity contribution in [3.63, 3.8) is 0 Å². The van der Waals surface area contributed by atoms with Gasteiger partial charge in [0.2, 0.25) is 11.8 Å². The maximum Gasteiger partial charge on any atom is 0.416 e. The average molecular weight is 397 g/mol. The van der Waals surface area contributed by atoms with E-state index in [1.807, 2.05) is 6.92 Å². The Balaban J connectivity index is 1.73. The molecule has 1 saturated heterocycles. The van der Waals surface area contributed by atoms with E-state index < -0.39 is 29.5 Å². The van der Waals surface area contributed by atoms with Gasteiger partial charge >= 0.3 is 6.18 Å². The first kappa shape index (κ1) is 19.2. The van der Waals surface area contributed by atoms with Crippen molar-refractivity contribution in [2.75, 3.05) is 16.8 Å². The molecule has 1 heterocycles. The van der Waals surface area contributed by atoms with Gasteiger partial charge in [0, 0.05) is 22.9 Å². The number of hydrogen-bond donors (Lipinski definition) is 1. The van der Waals surface area contributed by atoms with Crippen molar-refractivity contribution >= 4 is 34.8 Å². The zero-order chi connectivity index (χ0) is 19.8. The van der Waals surface area contributed by atoms with Crippen molar-refractivity contribution in [1.29, 1.82) is 0 Å². The van der Waals surface area contributed by atoms with Crippen molar-refractivity contribution in [1.82, 2.24) is 0 Å². The van der Waals surface area contributed by atoms with Crippen molar-refractivity contribution in [2.24, 2.45) is 5.92 Å². The number of rotatable bonds is 3. The van der Waals surface area contributed by atoms with Crippen molar-refractivity contribution in [3.05, 3.63) is 58.6 Å². The highest BCUT2D eigenvalue weighted by Crippen LogP contribution is 2.32. The van der Waals surface area contributed by atoms with Crippen LogP contribution in [0.15, 0.2) is 42.5 Å². The number of halogens is 4. The highest BCUT2D eigenvalue weighted by atomic mass is 35.5. The molecule has 27 heavy (non-hydrogen) atoms. The van der Waals surface area contributed by atoms with E-state index in [-0.39, 0.29) is 12.1 Å². The summed E-state index contributed by atoms with van der Waals surface area (Å²) >= 11 is 6.09. The summed E-state index contributed by atoms with van der Waals surface area (Å²) in [6.07, 6.45) is -4.24. The lowest BCUT2D eigenvalue weighted by Crippen LogP contribution is -2.33. The molecule has 4 nitrogen and oxygen atoms in total. The molecule has 1 aliphatic rings. The molecule has 0 radical (unpaired) electrons. The lowest BCUT2D eigenvalue weighted by atomic mass is 10.1. The van der Waals surface area contributed by atoms with E-state index in [9.17, 15) is 22.8 Å². The third-order valence-electron chi connectivity index (χ3n) is 4.45. The molecular formula is C19H16ClF3N2O2. The van der Waals surface area contributed by atoms with Crippen LogP contribution in [0, 0.1) is 12.8 Å². The van der Waals surface area contributed by atoms with Gasteiger partial charge in [0.05, 0.1) is 5.56 Å². The zero-order valence-corrected chi connectivity index (χ0v) is 15.1. The summed E-state index contributed by atoms with van der Waals surface area (Å²) in [5.41, 5.74) is 0.587. The van der Waals surface area contributed by atoms with Crippen LogP contribution >= 0.6 is 11.6 Å². The van der Waals surface area contributed by atoms with Gasteiger partial charge in [0.25, 0.3) is 0 Å². The van der Waals surface area contributed by atoms with Gasteiger partial charge in [0.1, 0.15) is 5.92 Å². The summed E-state index contributed by atoms with van der Waals surface area (Å²) in [4.78, 5) is 26.5. The fourth-order valence-corrected chi connectivity index (χ4v) is 3.11. The molecule has 2 aromatic rings. The Kier molecular flexibility index (Phi) is 5.15. The van der Waals surface area contributed by atoms with E-state index in [4.69, 9.17) is 11.6 Å². The van der Waals surface area contributed by atoms with Gasteiger partial charge in [0.15, 0.2) is 0 Å². The van der Waals surface area contributed by atoms with Crippen LogP contribution in [0.5, 0.6) is 0 Å². The van der Waals surface area contributed by atoms with Crippen LogP contribution < -0.4 is 10.2 Å². The molecule has 1 fully saturated rings. The smallest absolute Gasteiger partial charge is 0.325 e. The molecule has 0 unspecified atom stereocenters. The Bertz CT molecular complexity index is 899. The predicted octanol–water partition coefficient (Wildman–Crippen LogP) is 4.66. The van der Waals surface area contributed by atoms with Gasteiger partial charge in [-0.3, -0.25) is 9.59 Å². The highest BCUT2D eigenvalue weighted by Gasteiger charge is 2.38. The van der Waals surface area contributed by atoms with E-state index in [1.165, 1.54) is 17.0 Å². The quantitative estimate of drug-likeness (QED) is 0.767. The number of amides is 2. The van der Waals surface area contributed by atoms with Crippen LogP contribution in [-0.2, 0) is 15.8 Å². The molecule has 2 aromatic carbocycles. The first-order valence-electron chi connectivity index (χ1n) is 8.22. The Morgan fingerprint density at radius 2 is 1.96 bits per heavy atom. The number of anilines is 2. The van der Waals surface area contributed by atoms with E-state index >= 15 is 0 Å². The number of carbonyl (C=O) groups excluding carboxylic acids is 2. The van der Waals surface area contributed by atoms with E-state index in [0.717, 1.165) is 17.7 Å². The Hall–Kier alpha value is -2.54. The second-order valence-corrected chi connectivity index (χ2v) is 6.74. The van der Waals surface area contributed by atoms with E-state index in [1.54, 1.807) is 18.2 Å². The summed E-state index contributed by atoms with van der Waals surface area (Å²) in [5, 5.41) is 2.92. The molecule has 1 N–H and O–H groups in total. The van der Waals surface area contributed by atoms with Gasteiger partial charge in [-0.2, -0.15) is 13.2 Å². The van der Waals surface area contributed by atoms with Crippen molar-refractivity contribution in [2.45, 2.75) is 19.5 Å². The molecule has 0 aromatic heterocycles. The molecule has 1 atom stereocenters. The molecule has 0 spiro atoms. The predicted molar refractivity (Wildman–Crippen MR) is 96.7 cm³/mol. The van der Waals surface area contributed by atoms with Crippen LogP contribution in [0.4, 0.5) is 24.5 Å². The minimum absolute atomic E-state index is 0.000504. The lowest BCUT2D eigenvalue weighted by Gasteiger charge is -2.18. The molecule has 0 aliphatic carbocycles. The maximum atomic E-state index is 12.8. The van der Waals surface area contributed by atoms with E-state index in [2.05, 4.69) is 5.32 Å². The summed E-state index contributed by atoms with van der Waals surface area (Å²) < 4.78 is 38.4. The number of aryl methyl sites for hydroxylation is 1. The van der Waals surface area contributed by atoms with Crippen LogP contribution in [-0.4, -0.2) is 18.4 Å². The highest BCUT2D eigenvalue weighted by molar-refractivity contribution is 6.31. The topological polar surface area (TPSA) is 49.4 Å². The monoisotopic (exact) mass is 396 g/mol. The first-order valence-corrected chi connectivity index (χ1v) is 8.60. The molecule has 142 valence electrons. The number of carbonyl (C=O) groups is 2.